The molecule has 1 unspecified atom stereocenters. The summed E-state index contributed by atoms with van der Waals surface area (Å²) in [5, 5.41) is 5.61. The van der Waals surface area contributed by atoms with Gasteiger partial charge in [-0.05, 0) is 79.6 Å². The summed E-state index contributed by atoms with van der Waals surface area (Å²) < 4.78 is 52.2. The lowest BCUT2D eigenvalue weighted by atomic mass is 10.0. The van der Waals surface area contributed by atoms with E-state index in [1.54, 1.807) is 42.5 Å². The van der Waals surface area contributed by atoms with E-state index in [2.05, 4.69) is 10.6 Å². The van der Waals surface area contributed by atoms with Crippen molar-refractivity contribution in [1.82, 2.24) is 19.6 Å². The first-order chi connectivity index (χ1) is 18.2. The van der Waals surface area contributed by atoms with Crippen molar-refractivity contribution in [2.75, 3.05) is 24.7 Å². The summed E-state index contributed by atoms with van der Waals surface area (Å²) in [6, 6.07) is 16.0. The van der Waals surface area contributed by atoms with E-state index in [0.717, 1.165) is 6.26 Å². The van der Waals surface area contributed by atoms with Crippen molar-refractivity contribution in [3.63, 3.8) is 0 Å². The lowest BCUT2D eigenvalue weighted by molar-refractivity contribution is 0.236. The van der Waals surface area contributed by atoms with Crippen molar-refractivity contribution >= 4 is 32.8 Å². The van der Waals surface area contributed by atoms with E-state index < -0.39 is 16.1 Å². The first kappa shape index (κ1) is 25.7. The minimum atomic E-state index is -3.33. The number of aromatic nitrogens is 2. The van der Waals surface area contributed by atoms with Crippen molar-refractivity contribution in [2.24, 2.45) is 0 Å². The lowest BCUT2D eigenvalue weighted by Crippen LogP contribution is -2.50. The SMILES string of the molecule is CS(=O)(=O)N1CCCC(NC(=O)Nc2ccc3nc(-c4ccc(F)cc4)c(-c4ccc(F)cc4)nc3c2)C1.[HH].[HH]. The van der Waals surface area contributed by atoms with Gasteiger partial charge >= 0.3 is 6.03 Å². The first-order valence-corrected chi connectivity index (χ1v) is 13.9. The predicted octanol–water partition coefficient (Wildman–Crippen LogP) is 5.28. The quantitative estimate of drug-likeness (QED) is 0.358. The molecule has 0 spiro atoms. The summed E-state index contributed by atoms with van der Waals surface area (Å²) in [5.41, 5.74) is 3.79. The van der Waals surface area contributed by atoms with E-state index in [9.17, 15) is 22.0 Å². The number of anilines is 1. The molecule has 1 saturated heterocycles. The summed E-state index contributed by atoms with van der Waals surface area (Å²) in [6.07, 6.45) is 2.50. The Morgan fingerprint density at radius 1 is 0.921 bits per heavy atom. The fourth-order valence-electron chi connectivity index (χ4n) is 4.46. The zero-order chi connectivity index (χ0) is 26.9. The van der Waals surface area contributed by atoms with Crippen LogP contribution in [0.15, 0.2) is 66.7 Å². The second-order valence-corrected chi connectivity index (χ2v) is 11.2. The van der Waals surface area contributed by atoms with E-state index in [-0.39, 0.29) is 27.1 Å². The molecule has 3 aromatic carbocycles. The average molecular weight is 542 g/mol. The third-order valence-corrected chi connectivity index (χ3v) is 7.62. The molecule has 4 aromatic rings. The van der Waals surface area contributed by atoms with Crippen LogP contribution in [0.1, 0.15) is 15.7 Å². The Morgan fingerprint density at radius 2 is 1.50 bits per heavy atom. The molecule has 8 nitrogen and oxygen atoms in total. The van der Waals surface area contributed by atoms with Crippen molar-refractivity contribution < 1.29 is 24.8 Å². The predicted molar refractivity (Wildman–Crippen MR) is 146 cm³/mol. The first-order valence-electron chi connectivity index (χ1n) is 12.0. The number of piperidine rings is 1. The van der Waals surface area contributed by atoms with Crippen molar-refractivity contribution in [3.8, 4) is 22.5 Å². The Balaban J connectivity index is 0.00000220. The minimum absolute atomic E-state index is 0. The molecule has 11 heteroatoms. The molecule has 2 N–H and O–H groups in total. The highest BCUT2D eigenvalue weighted by atomic mass is 32.2. The zero-order valence-electron chi connectivity index (χ0n) is 20.5. The van der Waals surface area contributed by atoms with Gasteiger partial charge in [-0.2, -0.15) is 0 Å². The molecule has 1 atom stereocenters. The normalized spacial score (nSPS) is 16.3. The van der Waals surface area contributed by atoms with Crippen LogP contribution in [0, 0.1) is 11.6 Å². The highest BCUT2D eigenvalue weighted by Gasteiger charge is 2.26. The highest BCUT2D eigenvalue weighted by Crippen LogP contribution is 2.32. The third kappa shape index (κ3) is 5.79. The standard InChI is InChI=1S/C27H25F2N5O3S.2H2/c1-38(36,37)34-14-2-3-22(16-34)31-27(35)30-21-12-13-23-24(15-21)33-26(18-6-10-20(29)11-7-18)25(32-23)17-4-8-19(28)9-5-17;;/h4-13,15,22H,2-3,14,16H2,1H3,(H2,30,31,35);2*1H. The van der Waals surface area contributed by atoms with Gasteiger partial charge in [-0.1, -0.05) is 0 Å². The number of nitrogens with one attached hydrogen (secondary N) is 2. The van der Waals surface area contributed by atoms with Gasteiger partial charge in [0.05, 0.1) is 28.7 Å². The monoisotopic (exact) mass is 541 g/mol. The van der Waals surface area contributed by atoms with Gasteiger partial charge in [0.2, 0.25) is 10.0 Å². The molecule has 0 bridgehead atoms. The maximum absolute atomic E-state index is 13.6. The van der Waals surface area contributed by atoms with Gasteiger partial charge in [0.15, 0.2) is 0 Å². The maximum atomic E-state index is 13.6. The van der Waals surface area contributed by atoms with Crippen molar-refractivity contribution in [3.05, 3.63) is 78.4 Å². The van der Waals surface area contributed by atoms with Crippen LogP contribution < -0.4 is 10.6 Å². The number of halogens is 2. The molecule has 1 aliphatic heterocycles. The molecule has 5 rings (SSSR count). The molecule has 2 amide bonds. The van der Waals surface area contributed by atoms with E-state index in [1.165, 1.54) is 28.6 Å². The Kier molecular flexibility index (Phi) is 7.04. The lowest BCUT2D eigenvalue weighted by Gasteiger charge is -2.31. The Labute approximate surface area is 221 Å². The molecule has 200 valence electrons. The van der Waals surface area contributed by atoms with Crippen LogP contribution in [0.2, 0.25) is 0 Å². The number of carbonyl (C=O) groups excluding carboxylic acids is 1. The third-order valence-electron chi connectivity index (χ3n) is 6.35. The molecule has 38 heavy (non-hydrogen) atoms. The molecule has 1 aliphatic rings. The van der Waals surface area contributed by atoms with Gasteiger partial charge in [0.25, 0.3) is 0 Å². The molecule has 0 aliphatic carbocycles. The maximum Gasteiger partial charge on any atom is 0.319 e. The van der Waals surface area contributed by atoms with Crippen LogP contribution in [-0.2, 0) is 10.0 Å². The summed E-state index contributed by atoms with van der Waals surface area (Å²) >= 11 is 0. The van der Waals surface area contributed by atoms with Crippen LogP contribution in [0.25, 0.3) is 33.5 Å². The number of fused-ring (bicyclic) bond motifs is 1. The molecule has 1 fully saturated rings. The van der Waals surface area contributed by atoms with Crippen molar-refractivity contribution in [2.45, 2.75) is 18.9 Å². The topological polar surface area (TPSA) is 104 Å². The van der Waals surface area contributed by atoms with Gasteiger partial charge in [-0.15, -0.1) is 0 Å². The number of benzene rings is 3. The molecular weight excluding hydrogens is 512 g/mol. The number of hydrogen-bond acceptors (Lipinski definition) is 5. The van der Waals surface area contributed by atoms with Gasteiger partial charge in [0, 0.05) is 38.8 Å². The molecule has 1 aromatic heterocycles. The largest absolute Gasteiger partial charge is 0.334 e. The number of sulfonamides is 1. The highest BCUT2D eigenvalue weighted by molar-refractivity contribution is 7.88. The second kappa shape index (κ2) is 10.4. The molecule has 0 radical (unpaired) electrons. The number of amides is 2. The van der Waals surface area contributed by atoms with Crippen LogP contribution >= 0.6 is 0 Å². The fourth-order valence-corrected chi connectivity index (χ4v) is 5.38. The Hall–Kier alpha value is -3.96. The number of rotatable bonds is 5. The Bertz CT molecular complexity index is 1610. The number of nitrogens with zero attached hydrogens (tertiary/aromatic N) is 3. The van der Waals surface area contributed by atoms with Crippen LogP contribution in [-0.4, -0.2) is 54.1 Å². The van der Waals surface area contributed by atoms with Crippen LogP contribution in [0.3, 0.4) is 0 Å². The van der Waals surface area contributed by atoms with Crippen LogP contribution in [0.5, 0.6) is 0 Å². The minimum Gasteiger partial charge on any atom is -0.334 e. The molecule has 0 saturated carbocycles. The van der Waals surface area contributed by atoms with E-state index >= 15 is 0 Å². The average Bonchev–Trinajstić information content (AvgIpc) is 2.88. The van der Waals surface area contributed by atoms with Crippen LogP contribution in [0.4, 0.5) is 19.3 Å². The number of carbonyl (C=O) groups is 1. The second-order valence-electron chi connectivity index (χ2n) is 9.20. The zero-order valence-corrected chi connectivity index (χ0v) is 21.3. The summed E-state index contributed by atoms with van der Waals surface area (Å²) in [7, 11) is -3.33. The van der Waals surface area contributed by atoms with E-state index in [1.807, 2.05) is 0 Å². The molecular formula is C27H29F2N5O3S. The van der Waals surface area contributed by atoms with E-state index in [0.29, 0.717) is 58.6 Å². The van der Waals surface area contributed by atoms with Gasteiger partial charge in [0.1, 0.15) is 11.6 Å². The van der Waals surface area contributed by atoms with Crippen molar-refractivity contribution in [1.29, 1.82) is 0 Å². The van der Waals surface area contributed by atoms with Gasteiger partial charge < -0.3 is 10.6 Å². The fraction of sp³-hybridized carbons (Fsp3) is 0.222. The smallest absolute Gasteiger partial charge is 0.319 e. The molecule has 2 heterocycles. The summed E-state index contributed by atoms with van der Waals surface area (Å²) in [6.45, 7) is 0.668. The summed E-state index contributed by atoms with van der Waals surface area (Å²) in [5.74, 6) is -0.766. The van der Waals surface area contributed by atoms with Gasteiger partial charge in [-0.3, -0.25) is 0 Å². The Morgan fingerprint density at radius 3 is 2.08 bits per heavy atom. The summed E-state index contributed by atoms with van der Waals surface area (Å²) in [4.78, 5) is 22.2. The number of urea groups is 1. The van der Waals surface area contributed by atoms with Gasteiger partial charge in [-0.25, -0.2) is 36.3 Å². The van der Waals surface area contributed by atoms with E-state index in [4.69, 9.17) is 9.97 Å². The number of hydrogen-bond donors (Lipinski definition) is 2.